The van der Waals surface area contributed by atoms with Gasteiger partial charge in [0.25, 0.3) is 0 Å². The van der Waals surface area contributed by atoms with Crippen LogP contribution in [0.5, 0.6) is 5.75 Å². The van der Waals surface area contributed by atoms with E-state index in [1.807, 2.05) is 25.1 Å². The van der Waals surface area contributed by atoms with Crippen molar-refractivity contribution < 1.29 is 13.5 Å². The van der Waals surface area contributed by atoms with Crippen LogP contribution < -0.4 is 5.32 Å². The van der Waals surface area contributed by atoms with Gasteiger partial charge in [-0.05, 0) is 30.7 Å². The van der Waals surface area contributed by atoms with Crippen molar-refractivity contribution in [3.63, 3.8) is 0 Å². The second kappa shape index (κ2) is 6.18. The van der Waals surface area contributed by atoms with Crippen LogP contribution in [0.1, 0.15) is 24.9 Å². The lowest BCUT2D eigenvalue weighted by Crippen LogP contribution is -2.10. The SMILES string of the molecule is CCC(Nc1cccc(S(C)(=O)=O)c1)c1ccccc1O. The second-order valence-electron chi connectivity index (χ2n) is 4.96. The number of aromatic hydroxyl groups is 1. The average molecular weight is 305 g/mol. The fourth-order valence-corrected chi connectivity index (χ4v) is 2.87. The van der Waals surface area contributed by atoms with Crippen LogP contribution in [0.2, 0.25) is 0 Å². The fourth-order valence-electron chi connectivity index (χ4n) is 2.20. The van der Waals surface area contributed by atoms with Crippen LogP contribution in [-0.2, 0) is 9.84 Å². The van der Waals surface area contributed by atoms with Gasteiger partial charge in [-0.2, -0.15) is 0 Å². The molecule has 1 atom stereocenters. The van der Waals surface area contributed by atoms with Gasteiger partial charge < -0.3 is 10.4 Å². The molecule has 2 N–H and O–H groups in total. The molecule has 0 radical (unpaired) electrons. The number of hydrogen-bond donors (Lipinski definition) is 2. The molecule has 0 heterocycles. The maximum absolute atomic E-state index is 11.6. The summed E-state index contributed by atoms with van der Waals surface area (Å²) in [4.78, 5) is 0.277. The third-order valence-corrected chi connectivity index (χ3v) is 4.43. The maximum Gasteiger partial charge on any atom is 0.175 e. The molecule has 0 bridgehead atoms. The molecule has 1 unspecified atom stereocenters. The summed E-state index contributed by atoms with van der Waals surface area (Å²) >= 11 is 0. The first-order chi connectivity index (χ1) is 9.91. The molecule has 4 nitrogen and oxygen atoms in total. The van der Waals surface area contributed by atoms with E-state index in [1.165, 1.54) is 6.26 Å². The van der Waals surface area contributed by atoms with Crippen LogP contribution in [0.4, 0.5) is 5.69 Å². The lowest BCUT2D eigenvalue weighted by atomic mass is 10.0. The number of anilines is 1. The Kier molecular flexibility index (Phi) is 4.53. The first-order valence-electron chi connectivity index (χ1n) is 6.76. The molecule has 0 fully saturated rings. The van der Waals surface area contributed by atoms with Crippen molar-refractivity contribution in [2.24, 2.45) is 0 Å². The Labute approximate surface area is 125 Å². The zero-order chi connectivity index (χ0) is 15.5. The fraction of sp³-hybridized carbons (Fsp3) is 0.250. The van der Waals surface area contributed by atoms with E-state index in [-0.39, 0.29) is 16.7 Å². The van der Waals surface area contributed by atoms with Gasteiger partial charge >= 0.3 is 0 Å². The minimum Gasteiger partial charge on any atom is -0.508 e. The first-order valence-corrected chi connectivity index (χ1v) is 8.65. The lowest BCUT2D eigenvalue weighted by molar-refractivity contribution is 0.462. The molecule has 112 valence electrons. The highest BCUT2D eigenvalue weighted by Crippen LogP contribution is 2.29. The molecular weight excluding hydrogens is 286 g/mol. The Bertz CT molecular complexity index is 726. The van der Waals surface area contributed by atoms with Gasteiger partial charge in [-0.3, -0.25) is 0 Å². The highest BCUT2D eigenvalue weighted by atomic mass is 32.2. The smallest absolute Gasteiger partial charge is 0.175 e. The zero-order valence-corrected chi connectivity index (χ0v) is 12.9. The molecule has 0 saturated heterocycles. The number of sulfone groups is 1. The standard InChI is InChI=1S/C16H19NO3S/c1-3-15(14-9-4-5-10-16(14)18)17-12-7-6-8-13(11-12)21(2,19)20/h4-11,15,17-18H,3H2,1-2H3. The van der Waals surface area contributed by atoms with E-state index in [0.717, 1.165) is 12.0 Å². The summed E-state index contributed by atoms with van der Waals surface area (Å²) in [6.07, 6.45) is 1.95. The van der Waals surface area contributed by atoms with Crippen molar-refractivity contribution in [1.29, 1.82) is 0 Å². The molecular formula is C16H19NO3S. The van der Waals surface area contributed by atoms with Crippen LogP contribution in [0, 0.1) is 0 Å². The highest BCUT2D eigenvalue weighted by molar-refractivity contribution is 7.90. The van der Waals surface area contributed by atoms with Crippen LogP contribution in [-0.4, -0.2) is 19.8 Å². The molecule has 0 saturated carbocycles. The predicted molar refractivity (Wildman–Crippen MR) is 84.3 cm³/mol. The number of hydrogen-bond acceptors (Lipinski definition) is 4. The Morgan fingerprint density at radius 2 is 1.86 bits per heavy atom. The van der Waals surface area contributed by atoms with Crippen molar-refractivity contribution in [1.82, 2.24) is 0 Å². The van der Waals surface area contributed by atoms with Crippen LogP contribution >= 0.6 is 0 Å². The normalized spacial score (nSPS) is 12.9. The van der Waals surface area contributed by atoms with Crippen molar-refractivity contribution in [3.05, 3.63) is 54.1 Å². The quantitative estimate of drug-likeness (QED) is 0.889. The largest absolute Gasteiger partial charge is 0.508 e. The third-order valence-electron chi connectivity index (χ3n) is 3.32. The summed E-state index contributed by atoms with van der Waals surface area (Å²) < 4.78 is 23.2. The molecule has 0 aromatic heterocycles. The number of benzene rings is 2. The molecule has 0 amide bonds. The van der Waals surface area contributed by atoms with Gasteiger partial charge in [0.2, 0.25) is 0 Å². The minimum atomic E-state index is -3.23. The second-order valence-corrected chi connectivity index (χ2v) is 6.98. The van der Waals surface area contributed by atoms with Gasteiger partial charge in [0.05, 0.1) is 10.9 Å². The van der Waals surface area contributed by atoms with Crippen LogP contribution in [0.25, 0.3) is 0 Å². The van der Waals surface area contributed by atoms with E-state index < -0.39 is 9.84 Å². The number of phenolic OH excluding ortho intramolecular Hbond substituents is 1. The van der Waals surface area contributed by atoms with Gasteiger partial charge in [0, 0.05) is 17.5 Å². The molecule has 2 aromatic carbocycles. The summed E-state index contributed by atoms with van der Waals surface area (Å²) in [5.74, 6) is 0.233. The van der Waals surface area contributed by atoms with Crippen molar-refractivity contribution in [2.75, 3.05) is 11.6 Å². The Hall–Kier alpha value is -2.01. The zero-order valence-electron chi connectivity index (χ0n) is 12.1. The predicted octanol–water partition coefficient (Wildman–Crippen LogP) is 3.36. The highest BCUT2D eigenvalue weighted by Gasteiger charge is 2.14. The topological polar surface area (TPSA) is 66.4 Å². The Morgan fingerprint density at radius 3 is 2.48 bits per heavy atom. The van der Waals surface area contributed by atoms with Crippen LogP contribution in [0.15, 0.2) is 53.4 Å². The van der Waals surface area contributed by atoms with Gasteiger partial charge in [-0.1, -0.05) is 31.2 Å². The van der Waals surface area contributed by atoms with Gasteiger partial charge in [-0.15, -0.1) is 0 Å². The summed E-state index contributed by atoms with van der Waals surface area (Å²) in [7, 11) is -3.23. The third kappa shape index (κ3) is 3.76. The first kappa shape index (κ1) is 15.4. The molecule has 0 spiro atoms. The summed E-state index contributed by atoms with van der Waals surface area (Å²) in [6, 6.07) is 13.8. The van der Waals surface area contributed by atoms with Crippen molar-refractivity contribution >= 4 is 15.5 Å². The summed E-state index contributed by atoms with van der Waals surface area (Å²) in [6.45, 7) is 2.00. The minimum absolute atomic E-state index is 0.0824. The summed E-state index contributed by atoms with van der Waals surface area (Å²) in [5, 5.41) is 13.2. The van der Waals surface area contributed by atoms with E-state index >= 15 is 0 Å². The molecule has 2 rings (SSSR count). The van der Waals surface area contributed by atoms with Crippen molar-refractivity contribution in [2.45, 2.75) is 24.3 Å². The Morgan fingerprint density at radius 1 is 1.14 bits per heavy atom. The van der Waals surface area contributed by atoms with Crippen LogP contribution in [0.3, 0.4) is 0 Å². The molecule has 0 aliphatic rings. The van der Waals surface area contributed by atoms with E-state index in [4.69, 9.17) is 0 Å². The number of phenols is 1. The van der Waals surface area contributed by atoms with E-state index in [9.17, 15) is 13.5 Å². The van der Waals surface area contributed by atoms with E-state index in [1.54, 1.807) is 30.3 Å². The van der Waals surface area contributed by atoms with E-state index in [0.29, 0.717) is 5.69 Å². The number of rotatable bonds is 5. The van der Waals surface area contributed by atoms with Gasteiger partial charge in [0.15, 0.2) is 9.84 Å². The summed E-state index contributed by atoms with van der Waals surface area (Å²) in [5.41, 5.74) is 1.51. The Balaban J connectivity index is 2.30. The number of nitrogens with one attached hydrogen (secondary N) is 1. The molecule has 0 aliphatic carbocycles. The molecule has 2 aromatic rings. The average Bonchev–Trinajstić information content (AvgIpc) is 2.45. The van der Waals surface area contributed by atoms with E-state index in [2.05, 4.69) is 5.32 Å². The maximum atomic E-state index is 11.6. The number of para-hydroxylation sites is 1. The monoisotopic (exact) mass is 305 g/mol. The van der Waals surface area contributed by atoms with Crippen molar-refractivity contribution in [3.8, 4) is 5.75 Å². The lowest BCUT2D eigenvalue weighted by Gasteiger charge is -2.20. The molecule has 21 heavy (non-hydrogen) atoms. The van der Waals surface area contributed by atoms with Gasteiger partial charge in [-0.25, -0.2) is 8.42 Å². The molecule has 0 aliphatic heterocycles. The van der Waals surface area contributed by atoms with Gasteiger partial charge in [0.1, 0.15) is 5.75 Å². The molecule has 5 heteroatoms.